The molecular formula is C21H18N6O2. The number of nitriles is 2. The van der Waals surface area contributed by atoms with Crippen molar-refractivity contribution >= 4 is 23.2 Å². The van der Waals surface area contributed by atoms with Crippen LogP contribution in [0.5, 0.6) is 0 Å². The van der Waals surface area contributed by atoms with Crippen molar-refractivity contribution in [1.29, 1.82) is 10.5 Å². The quantitative estimate of drug-likeness (QED) is 0.829. The Bertz CT molecular complexity index is 1080. The zero-order valence-electron chi connectivity index (χ0n) is 15.9. The Morgan fingerprint density at radius 3 is 2.31 bits per heavy atom. The highest BCUT2D eigenvalue weighted by Crippen LogP contribution is 2.38. The van der Waals surface area contributed by atoms with E-state index in [-0.39, 0.29) is 29.0 Å². The van der Waals surface area contributed by atoms with E-state index in [4.69, 9.17) is 10.5 Å². The molecule has 0 aliphatic carbocycles. The monoisotopic (exact) mass is 386 g/mol. The second kappa shape index (κ2) is 7.91. The van der Waals surface area contributed by atoms with Crippen LogP contribution in [0.4, 0.5) is 11.4 Å². The van der Waals surface area contributed by atoms with Gasteiger partial charge in [0.15, 0.2) is 5.54 Å². The van der Waals surface area contributed by atoms with Crippen molar-refractivity contribution in [3.8, 4) is 12.1 Å². The fraction of sp³-hybridized carbons (Fsp3) is 0.238. The van der Waals surface area contributed by atoms with Gasteiger partial charge in [-0.25, -0.2) is 0 Å². The first-order chi connectivity index (χ1) is 13.8. The van der Waals surface area contributed by atoms with Gasteiger partial charge in [0.1, 0.15) is 12.1 Å². The SMILES string of the molecule is CC(=O)Nc1ccc(C2CC(C)(C(=O)Nc3ccc(C#N)c(C#N)c3)N=N2)cc1. The molecule has 144 valence electrons. The van der Waals surface area contributed by atoms with E-state index >= 15 is 0 Å². The first-order valence-electron chi connectivity index (χ1n) is 8.90. The van der Waals surface area contributed by atoms with Gasteiger partial charge in [0.05, 0.1) is 17.2 Å². The topological polar surface area (TPSA) is 130 Å². The zero-order chi connectivity index (χ0) is 21.0. The van der Waals surface area contributed by atoms with Crippen molar-refractivity contribution in [2.24, 2.45) is 10.2 Å². The van der Waals surface area contributed by atoms with E-state index in [1.54, 1.807) is 25.1 Å². The number of hydrogen-bond acceptors (Lipinski definition) is 6. The maximum Gasteiger partial charge on any atom is 0.254 e. The van der Waals surface area contributed by atoms with Crippen molar-refractivity contribution in [2.45, 2.75) is 31.8 Å². The smallest absolute Gasteiger partial charge is 0.254 e. The average molecular weight is 386 g/mol. The van der Waals surface area contributed by atoms with Crippen LogP contribution in [0.2, 0.25) is 0 Å². The molecule has 3 rings (SSSR count). The molecule has 2 aromatic carbocycles. The second-order valence-electron chi connectivity index (χ2n) is 6.95. The highest BCUT2D eigenvalue weighted by molar-refractivity contribution is 5.98. The van der Waals surface area contributed by atoms with Crippen LogP contribution in [0.1, 0.15) is 43.0 Å². The number of anilines is 2. The molecule has 1 aliphatic rings. The Hall–Kier alpha value is -4.04. The molecule has 1 aliphatic heterocycles. The molecule has 29 heavy (non-hydrogen) atoms. The van der Waals surface area contributed by atoms with Crippen LogP contribution in [-0.2, 0) is 9.59 Å². The molecule has 0 saturated carbocycles. The van der Waals surface area contributed by atoms with Gasteiger partial charge in [0, 0.05) is 24.7 Å². The van der Waals surface area contributed by atoms with Crippen LogP contribution in [0, 0.1) is 22.7 Å². The van der Waals surface area contributed by atoms with Gasteiger partial charge in [-0.05, 0) is 42.8 Å². The Morgan fingerprint density at radius 2 is 1.69 bits per heavy atom. The lowest BCUT2D eigenvalue weighted by atomic mass is 9.91. The Kier molecular flexibility index (Phi) is 5.38. The molecule has 1 heterocycles. The molecule has 0 fully saturated rings. The summed E-state index contributed by atoms with van der Waals surface area (Å²) in [7, 11) is 0. The van der Waals surface area contributed by atoms with Crippen LogP contribution in [0.3, 0.4) is 0 Å². The van der Waals surface area contributed by atoms with Crippen molar-refractivity contribution in [2.75, 3.05) is 10.6 Å². The molecule has 8 heteroatoms. The van der Waals surface area contributed by atoms with E-state index < -0.39 is 5.54 Å². The van der Waals surface area contributed by atoms with Gasteiger partial charge in [-0.15, -0.1) is 0 Å². The second-order valence-corrected chi connectivity index (χ2v) is 6.95. The van der Waals surface area contributed by atoms with Crippen LogP contribution in [0.15, 0.2) is 52.7 Å². The number of amides is 2. The fourth-order valence-electron chi connectivity index (χ4n) is 3.05. The average Bonchev–Trinajstić information content (AvgIpc) is 3.11. The maximum absolute atomic E-state index is 12.8. The van der Waals surface area contributed by atoms with E-state index in [1.165, 1.54) is 19.1 Å². The van der Waals surface area contributed by atoms with Crippen LogP contribution in [0.25, 0.3) is 0 Å². The first kappa shape index (κ1) is 19.7. The molecule has 2 atom stereocenters. The number of benzene rings is 2. The molecule has 0 bridgehead atoms. The number of carbonyl (C=O) groups excluding carboxylic acids is 2. The molecule has 2 N–H and O–H groups in total. The van der Waals surface area contributed by atoms with Gasteiger partial charge in [-0.2, -0.15) is 20.8 Å². The molecule has 0 radical (unpaired) electrons. The first-order valence-corrected chi connectivity index (χ1v) is 8.90. The molecule has 2 aromatic rings. The summed E-state index contributed by atoms with van der Waals surface area (Å²) in [5.74, 6) is -0.489. The van der Waals surface area contributed by atoms with E-state index in [1.807, 2.05) is 24.3 Å². The summed E-state index contributed by atoms with van der Waals surface area (Å²) < 4.78 is 0. The van der Waals surface area contributed by atoms with E-state index in [2.05, 4.69) is 20.9 Å². The minimum Gasteiger partial charge on any atom is -0.326 e. The van der Waals surface area contributed by atoms with Crippen LogP contribution < -0.4 is 10.6 Å². The summed E-state index contributed by atoms with van der Waals surface area (Å²) in [5, 5.41) is 32.0. The fourth-order valence-corrected chi connectivity index (χ4v) is 3.05. The zero-order valence-corrected chi connectivity index (χ0v) is 15.9. The minimum absolute atomic E-state index is 0.148. The van der Waals surface area contributed by atoms with E-state index in [0.29, 0.717) is 17.8 Å². The van der Waals surface area contributed by atoms with Gasteiger partial charge in [0.2, 0.25) is 5.91 Å². The molecule has 0 aromatic heterocycles. The van der Waals surface area contributed by atoms with Crippen molar-refractivity contribution in [3.63, 3.8) is 0 Å². The summed E-state index contributed by atoms with van der Waals surface area (Å²) >= 11 is 0. The van der Waals surface area contributed by atoms with Crippen molar-refractivity contribution < 1.29 is 9.59 Å². The largest absolute Gasteiger partial charge is 0.326 e. The van der Waals surface area contributed by atoms with Crippen molar-refractivity contribution in [3.05, 3.63) is 59.2 Å². The Morgan fingerprint density at radius 1 is 1.03 bits per heavy atom. The number of carbonyl (C=O) groups is 2. The predicted octanol–water partition coefficient (Wildman–Crippen LogP) is 3.68. The Balaban J connectivity index is 1.70. The number of nitrogens with zero attached hydrogens (tertiary/aromatic N) is 4. The molecule has 0 saturated heterocycles. The Labute approximate surface area is 167 Å². The summed E-state index contributed by atoms with van der Waals surface area (Å²) in [6.45, 7) is 3.14. The number of azo groups is 1. The normalized spacial score (nSPS) is 19.8. The molecule has 2 amide bonds. The summed E-state index contributed by atoms with van der Waals surface area (Å²) in [4.78, 5) is 23.9. The van der Waals surface area contributed by atoms with Crippen molar-refractivity contribution in [1.82, 2.24) is 0 Å². The summed E-state index contributed by atoms with van der Waals surface area (Å²) in [6.07, 6.45) is 0.389. The minimum atomic E-state index is -1.05. The highest BCUT2D eigenvalue weighted by Gasteiger charge is 2.41. The molecule has 0 spiro atoms. The van der Waals surface area contributed by atoms with Gasteiger partial charge in [-0.1, -0.05) is 12.1 Å². The third-order valence-corrected chi connectivity index (χ3v) is 4.63. The van der Waals surface area contributed by atoms with E-state index in [0.717, 1.165) is 5.56 Å². The van der Waals surface area contributed by atoms with Gasteiger partial charge in [0.25, 0.3) is 5.91 Å². The number of rotatable bonds is 4. The van der Waals surface area contributed by atoms with E-state index in [9.17, 15) is 9.59 Å². The highest BCUT2D eigenvalue weighted by atomic mass is 16.2. The lowest BCUT2D eigenvalue weighted by Crippen LogP contribution is -2.37. The lowest BCUT2D eigenvalue weighted by molar-refractivity contribution is -0.120. The molecular weight excluding hydrogens is 368 g/mol. The lowest BCUT2D eigenvalue weighted by Gasteiger charge is -2.19. The third-order valence-electron chi connectivity index (χ3n) is 4.63. The molecule has 2 unspecified atom stereocenters. The summed E-state index contributed by atoms with van der Waals surface area (Å²) in [6, 6.07) is 15.4. The van der Waals surface area contributed by atoms with Crippen LogP contribution in [-0.4, -0.2) is 17.4 Å². The van der Waals surface area contributed by atoms with Gasteiger partial charge < -0.3 is 10.6 Å². The molecule has 8 nitrogen and oxygen atoms in total. The summed E-state index contributed by atoms with van der Waals surface area (Å²) in [5.41, 5.74) is 1.39. The third kappa shape index (κ3) is 4.28. The standard InChI is InChI=1S/C21H18N6O2/c1-13(28)24-17-6-3-14(4-7-17)19-10-21(2,27-26-19)20(29)25-18-8-5-15(11-22)16(9-18)12-23/h3-9,19H,10H2,1-2H3,(H,24,28)(H,25,29). The number of hydrogen-bond donors (Lipinski definition) is 2. The maximum atomic E-state index is 12.8. The van der Waals surface area contributed by atoms with Gasteiger partial charge >= 0.3 is 0 Å². The number of nitrogens with one attached hydrogen (secondary N) is 2. The van der Waals surface area contributed by atoms with Gasteiger partial charge in [-0.3, -0.25) is 9.59 Å². The predicted molar refractivity (Wildman–Crippen MR) is 106 cm³/mol. The van der Waals surface area contributed by atoms with Crippen LogP contribution >= 0.6 is 0 Å².